The van der Waals surface area contributed by atoms with Crippen molar-refractivity contribution in [2.75, 3.05) is 11.9 Å². The summed E-state index contributed by atoms with van der Waals surface area (Å²) in [5.74, 6) is 0.308. The van der Waals surface area contributed by atoms with Gasteiger partial charge in [0.15, 0.2) is 0 Å². The molecule has 1 N–H and O–H groups in total. The van der Waals surface area contributed by atoms with Crippen molar-refractivity contribution in [2.24, 2.45) is 10.9 Å². The molecular weight excluding hydrogens is 386 g/mol. The molecule has 1 heterocycles. The van der Waals surface area contributed by atoms with Crippen molar-refractivity contribution in [3.63, 3.8) is 0 Å². The van der Waals surface area contributed by atoms with Crippen LogP contribution in [0.1, 0.15) is 56.2 Å². The second kappa shape index (κ2) is 8.66. The van der Waals surface area contributed by atoms with Crippen molar-refractivity contribution in [2.45, 2.75) is 58.5 Å². The number of hydrogen-bond acceptors (Lipinski definition) is 3. The van der Waals surface area contributed by atoms with E-state index in [1.54, 1.807) is 4.90 Å². The molecule has 2 amide bonds. The van der Waals surface area contributed by atoms with Crippen LogP contribution in [0.4, 0.5) is 5.69 Å². The van der Waals surface area contributed by atoms with E-state index in [2.05, 4.69) is 19.2 Å². The third-order valence-electron chi connectivity index (χ3n) is 6.70. The number of nitrogens with zero attached hydrogens (tertiary/aromatic N) is 2. The van der Waals surface area contributed by atoms with Gasteiger partial charge in [-0.25, -0.2) is 0 Å². The smallest absolute Gasteiger partial charge is 0.275 e. The van der Waals surface area contributed by atoms with Crippen LogP contribution in [0.2, 0.25) is 0 Å². The van der Waals surface area contributed by atoms with E-state index in [4.69, 9.17) is 4.99 Å². The van der Waals surface area contributed by atoms with Gasteiger partial charge < -0.3 is 10.2 Å². The molecule has 2 aromatic rings. The molecule has 5 heteroatoms. The molecule has 5 nitrogen and oxygen atoms in total. The largest absolute Gasteiger partial charge is 0.324 e. The highest BCUT2D eigenvalue weighted by atomic mass is 16.2. The maximum Gasteiger partial charge on any atom is 0.275 e. The maximum absolute atomic E-state index is 13.5. The zero-order chi connectivity index (χ0) is 22.0. The highest BCUT2D eigenvalue weighted by Crippen LogP contribution is 2.41. The first-order valence-electron chi connectivity index (χ1n) is 11.3. The summed E-state index contributed by atoms with van der Waals surface area (Å²) in [6.45, 7) is 6.33. The molecule has 0 atom stereocenters. The Balaban J connectivity index is 1.60. The van der Waals surface area contributed by atoms with Crippen LogP contribution in [-0.2, 0) is 16.0 Å². The summed E-state index contributed by atoms with van der Waals surface area (Å²) in [7, 11) is 0. The van der Waals surface area contributed by atoms with Gasteiger partial charge in [0.05, 0.1) is 0 Å². The van der Waals surface area contributed by atoms with Crippen LogP contribution in [0.3, 0.4) is 0 Å². The summed E-state index contributed by atoms with van der Waals surface area (Å²) in [5.41, 5.74) is 3.68. The van der Waals surface area contributed by atoms with Gasteiger partial charge in [0.25, 0.3) is 5.91 Å². The zero-order valence-electron chi connectivity index (χ0n) is 18.6. The van der Waals surface area contributed by atoms with Gasteiger partial charge >= 0.3 is 0 Å². The van der Waals surface area contributed by atoms with Gasteiger partial charge in [-0.2, -0.15) is 0 Å². The highest BCUT2D eigenvalue weighted by molar-refractivity contribution is 6.47. The quantitative estimate of drug-likeness (QED) is 0.764. The molecule has 0 bridgehead atoms. The molecule has 0 radical (unpaired) electrons. The molecule has 1 aliphatic heterocycles. The van der Waals surface area contributed by atoms with Crippen LogP contribution >= 0.6 is 0 Å². The van der Waals surface area contributed by atoms with Crippen molar-refractivity contribution in [1.29, 1.82) is 0 Å². The monoisotopic (exact) mass is 417 g/mol. The van der Waals surface area contributed by atoms with Crippen LogP contribution in [0.25, 0.3) is 0 Å². The van der Waals surface area contributed by atoms with Gasteiger partial charge in [-0.1, -0.05) is 62.4 Å². The topological polar surface area (TPSA) is 61.8 Å². The summed E-state index contributed by atoms with van der Waals surface area (Å²) in [6, 6.07) is 15.6. The Morgan fingerprint density at radius 3 is 2.52 bits per heavy atom. The Bertz CT molecular complexity index is 1000. The minimum atomic E-state index is -0.606. The van der Waals surface area contributed by atoms with E-state index >= 15 is 0 Å². The van der Waals surface area contributed by atoms with Gasteiger partial charge in [0.2, 0.25) is 5.91 Å². The molecule has 162 valence electrons. The lowest BCUT2D eigenvalue weighted by Gasteiger charge is -2.40. The molecular formula is C26H31N3O2. The number of para-hydroxylation sites is 1. The number of aliphatic imine (C=N–C) groups is 1. The molecule has 1 fully saturated rings. The second-order valence-electron chi connectivity index (χ2n) is 8.89. The van der Waals surface area contributed by atoms with Crippen LogP contribution < -0.4 is 5.32 Å². The average molecular weight is 418 g/mol. The molecule has 31 heavy (non-hydrogen) atoms. The van der Waals surface area contributed by atoms with E-state index in [1.807, 2.05) is 55.5 Å². The predicted octanol–water partition coefficient (Wildman–Crippen LogP) is 4.73. The molecule has 1 aliphatic carbocycles. The fourth-order valence-corrected chi connectivity index (χ4v) is 4.77. The van der Waals surface area contributed by atoms with Gasteiger partial charge in [0.1, 0.15) is 17.9 Å². The summed E-state index contributed by atoms with van der Waals surface area (Å²) < 4.78 is 0. The first-order valence-corrected chi connectivity index (χ1v) is 11.3. The normalized spacial score (nSPS) is 23.2. The first-order chi connectivity index (χ1) is 14.9. The lowest BCUT2D eigenvalue weighted by atomic mass is 9.82. The van der Waals surface area contributed by atoms with Crippen LogP contribution in [0.15, 0.2) is 53.5 Å². The molecule has 1 spiro atoms. The van der Waals surface area contributed by atoms with Crippen LogP contribution in [0.5, 0.6) is 0 Å². The molecule has 0 aromatic heterocycles. The standard InChI is InChI=1S/C26H31N3O2/c1-4-20-12-8-9-19(3)23(20)27-22(30)17-29-25(31)24(21-10-6-5-7-11-21)28-26(29)15-13-18(2)14-16-26/h5-12,18H,4,13-17H2,1-3H3,(H,27,30). The Morgan fingerprint density at radius 1 is 1.13 bits per heavy atom. The molecule has 2 aromatic carbocycles. The maximum atomic E-state index is 13.5. The van der Waals surface area contributed by atoms with E-state index in [1.165, 1.54) is 0 Å². The summed E-state index contributed by atoms with van der Waals surface area (Å²) in [5, 5.41) is 3.08. The van der Waals surface area contributed by atoms with E-state index in [-0.39, 0.29) is 18.4 Å². The number of hydrogen-bond donors (Lipinski definition) is 1. The molecule has 0 saturated heterocycles. The van der Waals surface area contributed by atoms with E-state index in [9.17, 15) is 9.59 Å². The van der Waals surface area contributed by atoms with Crippen molar-refractivity contribution in [1.82, 2.24) is 4.90 Å². The molecule has 1 saturated carbocycles. The minimum absolute atomic E-state index is 0.0184. The number of carbonyl (C=O) groups is 2. The number of benzene rings is 2. The third kappa shape index (κ3) is 4.14. The first kappa shape index (κ1) is 21.3. The number of rotatable bonds is 5. The summed E-state index contributed by atoms with van der Waals surface area (Å²) >= 11 is 0. The van der Waals surface area contributed by atoms with Crippen molar-refractivity contribution < 1.29 is 9.59 Å². The zero-order valence-corrected chi connectivity index (χ0v) is 18.6. The summed E-state index contributed by atoms with van der Waals surface area (Å²) in [6.07, 6.45) is 4.45. The Kier molecular flexibility index (Phi) is 5.94. The number of anilines is 1. The van der Waals surface area contributed by atoms with E-state index < -0.39 is 5.66 Å². The van der Waals surface area contributed by atoms with E-state index in [0.29, 0.717) is 11.6 Å². The Labute approximate surface area is 184 Å². The van der Waals surface area contributed by atoms with Crippen LogP contribution in [-0.4, -0.2) is 34.6 Å². The second-order valence-corrected chi connectivity index (χ2v) is 8.89. The third-order valence-corrected chi connectivity index (χ3v) is 6.70. The van der Waals surface area contributed by atoms with Gasteiger partial charge in [0, 0.05) is 11.3 Å². The average Bonchev–Trinajstić information content (AvgIpc) is 3.04. The number of amides is 2. The number of nitrogens with one attached hydrogen (secondary N) is 1. The number of aryl methyl sites for hydroxylation is 2. The lowest BCUT2D eigenvalue weighted by molar-refractivity contribution is -0.134. The predicted molar refractivity (Wildman–Crippen MR) is 124 cm³/mol. The number of carbonyl (C=O) groups excluding carboxylic acids is 2. The fraction of sp³-hybridized carbons (Fsp3) is 0.423. The van der Waals surface area contributed by atoms with Gasteiger partial charge in [-0.05, 0) is 56.1 Å². The molecule has 4 rings (SSSR count). The van der Waals surface area contributed by atoms with Crippen LogP contribution in [0, 0.1) is 12.8 Å². The van der Waals surface area contributed by atoms with Gasteiger partial charge in [-0.15, -0.1) is 0 Å². The van der Waals surface area contributed by atoms with Crippen molar-refractivity contribution >= 4 is 23.2 Å². The SMILES string of the molecule is CCc1cccc(C)c1NC(=O)CN1C(=O)C(c2ccccc2)=NC12CCC(C)CC2. The minimum Gasteiger partial charge on any atom is -0.324 e. The lowest BCUT2D eigenvalue weighted by Crippen LogP contribution is -2.51. The fourth-order valence-electron chi connectivity index (χ4n) is 4.77. The Hall–Kier alpha value is -2.95. The Morgan fingerprint density at radius 2 is 1.84 bits per heavy atom. The summed E-state index contributed by atoms with van der Waals surface area (Å²) in [4.78, 5) is 33.3. The van der Waals surface area contributed by atoms with Gasteiger partial charge in [-0.3, -0.25) is 14.6 Å². The highest BCUT2D eigenvalue weighted by Gasteiger charge is 2.49. The molecule has 2 aliphatic rings. The van der Waals surface area contributed by atoms with Crippen molar-refractivity contribution in [3.8, 4) is 0 Å². The van der Waals surface area contributed by atoms with Crippen molar-refractivity contribution in [3.05, 3.63) is 65.2 Å². The molecule has 0 unspecified atom stereocenters. The van der Waals surface area contributed by atoms with E-state index in [0.717, 1.165) is 54.5 Å².